The van der Waals surface area contributed by atoms with Crippen LogP contribution in [0.1, 0.15) is 19.3 Å². The number of rotatable bonds is 4. The van der Waals surface area contributed by atoms with Gasteiger partial charge in [0.1, 0.15) is 6.04 Å². The summed E-state index contributed by atoms with van der Waals surface area (Å²) in [6, 6.07) is 11.4. The smallest absolute Gasteiger partial charge is 0.237 e. The topological polar surface area (TPSA) is 89.3 Å². The number of pyridine rings is 1. The van der Waals surface area contributed by atoms with E-state index in [1.165, 1.54) is 0 Å². The quantitative estimate of drug-likeness (QED) is 0.880. The number of fused-ring (bicyclic) bond motifs is 1. The summed E-state index contributed by atoms with van der Waals surface area (Å²) in [5.41, 5.74) is 1.61. The second-order valence-electron chi connectivity index (χ2n) is 7.46. The van der Waals surface area contributed by atoms with E-state index >= 15 is 0 Å². The summed E-state index contributed by atoms with van der Waals surface area (Å²) < 4.78 is 0. The summed E-state index contributed by atoms with van der Waals surface area (Å²) in [5, 5.41) is 13.1. The molecule has 3 heterocycles. The van der Waals surface area contributed by atoms with Gasteiger partial charge in [0.25, 0.3) is 0 Å². The molecule has 2 atom stereocenters. The second kappa shape index (κ2) is 7.95. The third-order valence-electron chi connectivity index (χ3n) is 5.63. The van der Waals surface area contributed by atoms with Crippen LogP contribution in [0.15, 0.2) is 36.5 Å². The molecule has 7 heteroatoms. The van der Waals surface area contributed by atoms with Crippen LogP contribution in [0.4, 0.5) is 5.69 Å². The lowest BCUT2D eigenvalue weighted by molar-refractivity contribution is -0.132. The Kier molecular flexibility index (Phi) is 5.22. The largest absolute Gasteiger partial charge is 0.326 e. The molecule has 2 amide bonds. The molecule has 28 heavy (non-hydrogen) atoms. The first kappa shape index (κ1) is 18.4. The predicted octanol–water partition coefficient (Wildman–Crippen LogP) is 2.01. The summed E-state index contributed by atoms with van der Waals surface area (Å²) in [6.07, 6.45) is 4.06. The number of nitrogens with one attached hydrogen (secondary N) is 1. The fraction of sp³-hybridized carbons (Fsp3) is 0.429. The SMILES string of the molecule is N#C[C@@H]1CCCN1C(=O)CN1CC[C@@H](C(=O)Nc2ccnc3ccccc23)C1. The summed E-state index contributed by atoms with van der Waals surface area (Å²) in [4.78, 5) is 33.3. The molecule has 0 bridgehead atoms. The van der Waals surface area contributed by atoms with Crippen LogP contribution < -0.4 is 5.32 Å². The van der Waals surface area contributed by atoms with Gasteiger partial charge in [-0.1, -0.05) is 18.2 Å². The van der Waals surface area contributed by atoms with Crippen molar-refractivity contribution in [2.75, 3.05) is 31.5 Å². The molecular weight excluding hydrogens is 354 g/mol. The normalized spacial score (nSPS) is 22.3. The first-order chi connectivity index (χ1) is 13.7. The number of amides is 2. The van der Waals surface area contributed by atoms with Crippen LogP contribution in [0.2, 0.25) is 0 Å². The molecule has 1 aromatic carbocycles. The van der Waals surface area contributed by atoms with Crippen LogP contribution in [-0.2, 0) is 9.59 Å². The van der Waals surface area contributed by atoms with Gasteiger partial charge in [0.2, 0.25) is 11.8 Å². The van der Waals surface area contributed by atoms with Gasteiger partial charge >= 0.3 is 0 Å². The van der Waals surface area contributed by atoms with Crippen molar-refractivity contribution in [1.29, 1.82) is 5.26 Å². The molecule has 2 saturated heterocycles. The van der Waals surface area contributed by atoms with E-state index < -0.39 is 0 Å². The molecule has 0 unspecified atom stereocenters. The van der Waals surface area contributed by atoms with Crippen LogP contribution in [0.5, 0.6) is 0 Å². The van der Waals surface area contributed by atoms with Crippen molar-refractivity contribution >= 4 is 28.4 Å². The van der Waals surface area contributed by atoms with Crippen molar-refractivity contribution in [2.45, 2.75) is 25.3 Å². The van der Waals surface area contributed by atoms with Gasteiger partial charge in [-0.05, 0) is 37.9 Å². The molecule has 0 saturated carbocycles. The number of aromatic nitrogens is 1. The van der Waals surface area contributed by atoms with Gasteiger partial charge in [0, 0.05) is 24.7 Å². The molecule has 0 spiro atoms. The zero-order chi connectivity index (χ0) is 19.5. The van der Waals surface area contributed by atoms with E-state index in [0.29, 0.717) is 19.6 Å². The first-order valence-corrected chi connectivity index (χ1v) is 9.72. The lowest BCUT2D eigenvalue weighted by Crippen LogP contribution is -2.42. The maximum Gasteiger partial charge on any atom is 0.237 e. The highest BCUT2D eigenvalue weighted by Crippen LogP contribution is 2.24. The minimum atomic E-state index is -0.297. The number of para-hydroxylation sites is 1. The summed E-state index contributed by atoms with van der Waals surface area (Å²) in [6.45, 7) is 2.21. The summed E-state index contributed by atoms with van der Waals surface area (Å²) >= 11 is 0. The van der Waals surface area contributed by atoms with Crippen molar-refractivity contribution in [1.82, 2.24) is 14.8 Å². The van der Waals surface area contributed by atoms with E-state index in [4.69, 9.17) is 5.26 Å². The monoisotopic (exact) mass is 377 g/mol. The van der Waals surface area contributed by atoms with E-state index in [2.05, 4.69) is 16.4 Å². The molecule has 144 valence electrons. The van der Waals surface area contributed by atoms with Crippen molar-refractivity contribution < 1.29 is 9.59 Å². The Labute approximate surface area is 163 Å². The average Bonchev–Trinajstić information content (AvgIpc) is 3.37. The van der Waals surface area contributed by atoms with Gasteiger partial charge in [0.05, 0.1) is 29.7 Å². The van der Waals surface area contributed by atoms with E-state index in [1.54, 1.807) is 11.1 Å². The Morgan fingerprint density at radius 2 is 2.07 bits per heavy atom. The molecule has 2 fully saturated rings. The van der Waals surface area contributed by atoms with E-state index in [0.717, 1.165) is 35.9 Å². The highest BCUT2D eigenvalue weighted by Gasteiger charge is 2.33. The fourth-order valence-corrected chi connectivity index (χ4v) is 4.11. The van der Waals surface area contributed by atoms with Crippen molar-refractivity contribution in [2.24, 2.45) is 5.92 Å². The number of hydrogen-bond acceptors (Lipinski definition) is 5. The molecule has 2 aliphatic rings. The average molecular weight is 377 g/mol. The molecule has 0 radical (unpaired) electrons. The van der Waals surface area contributed by atoms with Gasteiger partial charge in [0.15, 0.2) is 0 Å². The minimum Gasteiger partial charge on any atom is -0.326 e. The number of anilines is 1. The molecule has 4 rings (SSSR count). The number of carbonyl (C=O) groups excluding carboxylic acids is 2. The predicted molar refractivity (Wildman–Crippen MR) is 105 cm³/mol. The van der Waals surface area contributed by atoms with Gasteiger partial charge < -0.3 is 10.2 Å². The number of nitriles is 1. The Bertz CT molecular complexity index is 933. The maximum atomic E-state index is 12.7. The Hall–Kier alpha value is -2.98. The van der Waals surface area contributed by atoms with Gasteiger partial charge in [-0.25, -0.2) is 0 Å². The highest BCUT2D eigenvalue weighted by molar-refractivity contribution is 6.01. The van der Waals surface area contributed by atoms with Crippen molar-refractivity contribution in [3.8, 4) is 6.07 Å². The number of hydrogen-bond donors (Lipinski definition) is 1. The van der Waals surface area contributed by atoms with Crippen molar-refractivity contribution in [3.63, 3.8) is 0 Å². The Balaban J connectivity index is 1.35. The van der Waals surface area contributed by atoms with Gasteiger partial charge in [-0.3, -0.25) is 19.5 Å². The molecule has 0 aliphatic carbocycles. The second-order valence-corrected chi connectivity index (χ2v) is 7.46. The number of benzene rings is 1. The van der Waals surface area contributed by atoms with Crippen molar-refractivity contribution in [3.05, 3.63) is 36.5 Å². The van der Waals surface area contributed by atoms with Crippen LogP contribution in [-0.4, -0.2) is 58.8 Å². The van der Waals surface area contributed by atoms with Crippen LogP contribution in [0, 0.1) is 17.2 Å². The minimum absolute atomic E-state index is 0.00904. The lowest BCUT2D eigenvalue weighted by Gasteiger charge is -2.23. The molecule has 2 aromatic rings. The third-order valence-corrected chi connectivity index (χ3v) is 5.63. The van der Waals surface area contributed by atoms with E-state index in [9.17, 15) is 9.59 Å². The summed E-state index contributed by atoms with van der Waals surface area (Å²) in [5.74, 6) is -0.183. The van der Waals surface area contributed by atoms with Crippen LogP contribution in [0.25, 0.3) is 10.9 Å². The Morgan fingerprint density at radius 1 is 1.21 bits per heavy atom. The summed E-state index contributed by atoms with van der Waals surface area (Å²) in [7, 11) is 0. The van der Waals surface area contributed by atoms with Crippen LogP contribution >= 0.6 is 0 Å². The molecular formula is C21H23N5O2. The zero-order valence-electron chi connectivity index (χ0n) is 15.7. The lowest BCUT2D eigenvalue weighted by atomic mass is 10.1. The molecule has 2 aliphatic heterocycles. The zero-order valence-corrected chi connectivity index (χ0v) is 15.7. The maximum absolute atomic E-state index is 12.7. The Morgan fingerprint density at radius 3 is 2.93 bits per heavy atom. The molecule has 7 nitrogen and oxygen atoms in total. The van der Waals surface area contributed by atoms with E-state index in [-0.39, 0.29) is 30.3 Å². The van der Waals surface area contributed by atoms with E-state index in [1.807, 2.05) is 35.2 Å². The number of likely N-dealkylation sites (tertiary alicyclic amines) is 2. The van der Waals surface area contributed by atoms with Crippen LogP contribution in [0.3, 0.4) is 0 Å². The van der Waals surface area contributed by atoms with Gasteiger partial charge in [-0.2, -0.15) is 5.26 Å². The third kappa shape index (κ3) is 3.69. The fourth-order valence-electron chi connectivity index (χ4n) is 4.11. The molecule has 1 N–H and O–H groups in total. The standard InChI is InChI=1S/C21H23N5O2/c22-12-16-4-3-10-26(16)20(27)14-25-11-8-15(13-25)21(28)24-19-7-9-23-18-6-2-1-5-17(18)19/h1-2,5-7,9,15-16H,3-4,8,10-11,13-14H2,(H,23,24,28)/t15-,16+/m1/s1. The first-order valence-electron chi connectivity index (χ1n) is 9.72. The number of carbonyl (C=O) groups is 2. The molecule has 1 aromatic heterocycles. The number of nitrogens with zero attached hydrogens (tertiary/aromatic N) is 4. The van der Waals surface area contributed by atoms with Gasteiger partial charge in [-0.15, -0.1) is 0 Å². The highest BCUT2D eigenvalue weighted by atomic mass is 16.2.